The van der Waals surface area contributed by atoms with Gasteiger partial charge in [0.25, 0.3) is 5.56 Å². The minimum atomic E-state index is -3.30. The molecule has 2 aromatic heterocycles. The number of nitrogens with zero attached hydrogens (tertiary/aromatic N) is 5. The Balaban J connectivity index is 1.66. The van der Waals surface area contributed by atoms with Gasteiger partial charge < -0.3 is 4.98 Å². The van der Waals surface area contributed by atoms with Crippen LogP contribution in [0, 0.1) is 0 Å². The first kappa shape index (κ1) is 21.0. The molecule has 4 rings (SSSR count). The molecule has 160 valence electrons. The molecule has 3 heterocycles. The predicted molar refractivity (Wildman–Crippen MR) is 114 cm³/mol. The molecule has 11 heteroatoms. The zero-order valence-corrected chi connectivity index (χ0v) is 18.2. The highest BCUT2D eigenvalue weighted by Gasteiger charge is 2.30. The maximum atomic E-state index is 12.6. The van der Waals surface area contributed by atoms with Crippen molar-refractivity contribution in [1.29, 1.82) is 0 Å². The van der Waals surface area contributed by atoms with Gasteiger partial charge in [0.1, 0.15) is 5.82 Å². The highest BCUT2D eigenvalue weighted by molar-refractivity contribution is 7.89. The molecule has 1 aliphatic heterocycles. The van der Waals surface area contributed by atoms with Crippen LogP contribution in [-0.2, 0) is 16.6 Å². The summed E-state index contributed by atoms with van der Waals surface area (Å²) in [7, 11) is -3.30. The van der Waals surface area contributed by atoms with Gasteiger partial charge in [0, 0.05) is 24.0 Å². The lowest BCUT2D eigenvalue weighted by Crippen LogP contribution is -2.41. The molecule has 9 nitrogen and oxygen atoms in total. The second kappa shape index (κ2) is 8.44. The number of aromatic amines is 1. The van der Waals surface area contributed by atoms with Crippen LogP contribution in [-0.4, -0.2) is 56.5 Å². The number of benzene rings is 1. The second-order valence-electron chi connectivity index (χ2n) is 7.51. The van der Waals surface area contributed by atoms with Crippen LogP contribution in [0.5, 0.6) is 0 Å². The first-order valence-corrected chi connectivity index (χ1v) is 11.9. The number of aromatic nitrogens is 5. The molecule has 3 aromatic rings. The van der Waals surface area contributed by atoms with Crippen LogP contribution in [0.3, 0.4) is 0 Å². The predicted octanol–water partition coefficient (Wildman–Crippen LogP) is 2.14. The SMILES string of the molecule is CCCS(=O)(=O)N1CCC[C@@H](c2nc3c(nnn3Cc3cccc(Cl)c3)c(=O)[nH]2)C1. The molecular formula is C19H23ClN6O3S. The minimum Gasteiger partial charge on any atom is -0.308 e. The number of hydrogen-bond acceptors (Lipinski definition) is 6. The van der Waals surface area contributed by atoms with E-state index in [9.17, 15) is 13.2 Å². The van der Waals surface area contributed by atoms with E-state index in [1.165, 1.54) is 4.31 Å². The number of nitrogens with one attached hydrogen (secondary N) is 1. The van der Waals surface area contributed by atoms with Gasteiger partial charge in [-0.05, 0) is 37.0 Å². The Morgan fingerprint density at radius 2 is 2.17 bits per heavy atom. The lowest BCUT2D eigenvalue weighted by atomic mass is 9.99. The normalized spacial score (nSPS) is 18.1. The van der Waals surface area contributed by atoms with E-state index < -0.39 is 10.0 Å². The van der Waals surface area contributed by atoms with Gasteiger partial charge in [-0.25, -0.2) is 22.4 Å². The Morgan fingerprint density at radius 1 is 1.33 bits per heavy atom. The van der Waals surface area contributed by atoms with Crippen molar-refractivity contribution in [2.24, 2.45) is 0 Å². The molecule has 0 aliphatic carbocycles. The van der Waals surface area contributed by atoms with E-state index in [1.54, 1.807) is 10.7 Å². The number of hydrogen-bond donors (Lipinski definition) is 1. The first-order valence-electron chi connectivity index (χ1n) is 9.93. The summed E-state index contributed by atoms with van der Waals surface area (Å²) < 4.78 is 28.0. The molecule has 1 N–H and O–H groups in total. The van der Waals surface area contributed by atoms with Crippen LogP contribution in [0.1, 0.15) is 43.5 Å². The van der Waals surface area contributed by atoms with E-state index in [-0.39, 0.29) is 22.7 Å². The monoisotopic (exact) mass is 450 g/mol. The zero-order chi connectivity index (χ0) is 21.3. The summed E-state index contributed by atoms with van der Waals surface area (Å²) in [5.41, 5.74) is 1.07. The first-order chi connectivity index (χ1) is 14.4. The van der Waals surface area contributed by atoms with E-state index in [0.717, 1.165) is 18.4 Å². The smallest absolute Gasteiger partial charge is 0.281 e. The van der Waals surface area contributed by atoms with Crippen molar-refractivity contribution in [3.8, 4) is 0 Å². The van der Waals surface area contributed by atoms with Gasteiger partial charge in [-0.15, -0.1) is 5.10 Å². The fourth-order valence-corrected chi connectivity index (χ4v) is 5.60. The zero-order valence-electron chi connectivity index (χ0n) is 16.6. The van der Waals surface area contributed by atoms with E-state index in [0.29, 0.717) is 42.5 Å². The average Bonchev–Trinajstić information content (AvgIpc) is 3.11. The van der Waals surface area contributed by atoms with Crippen molar-refractivity contribution in [2.45, 2.75) is 38.6 Å². The molecule has 0 amide bonds. The molecule has 0 saturated carbocycles. The molecule has 30 heavy (non-hydrogen) atoms. The molecule has 0 radical (unpaired) electrons. The van der Waals surface area contributed by atoms with Gasteiger partial charge in [0.2, 0.25) is 10.0 Å². The van der Waals surface area contributed by atoms with Crippen LogP contribution in [0.15, 0.2) is 29.1 Å². The van der Waals surface area contributed by atoms with Crippen molar-refractivity contribution in [3.05, 3.63) is 51.0 Å². The summed E-state index contributed by atoms with van der Waals surface area (Å²) in [5, 5.41) is 8.66. The van der Waals surface area contributed by atoms with Gasteiger partial charge in [-0.1, -0.05) is 35.9 Å². The van der Waals surface area contributed by atoms with Gasteiger partial charge >= 0.3 is 0 Å². The molecule has 0 unspecified atom stereocenters. The quantitative estimate of drug-likeness (QED) is 0.615. The number of rotatable bonds is 6. The van der Waals surface area contributed by atoms with Gasteiger partial charge in [-0.2, -0.15) is 0 Å². The number of sulfonamides is 1. The molecule has 1 saturated heterocycles. The Bertz CT molecular complexity index is 1220. The topological polar surface area (TPSA) is 114 Å². The van der Waals surface area contributed by atoms with Crippen molar-refractivity contribution in [1.82, 2.24) is 29.3 Å². The second-order valence-corrected chi connectivity index (χ2v) is 10.0. The van der Waals surface area contributed by atoms with Crippen LogP contribution < -0.4 is 5.56 Å². The average molecular weight is 451 g/mol. The third-order valence-corrected chi connectivity index (χ3v) is 7.52. The Hall–Kier alpha value is -2.30. The molecule has 1 aliphatic rings. The Kier molecular flexibility index (Phi) is 5.90. The number of H-pyrrole nitrogens is 1. The summed E-state index contributed by atoms with van der Waals surface area (Å²) in [5.74, 6) is 0.412. The maximum Gasteiger partial charge on any atom is 0.281 e. The fourth-order valence-electron chi connectivity index (χ4n) is 3.80. The highest BCUT2D eigenvalue weighted by Crippen LogP contribution is 2.26. The molecule has 0 bridgehead atoms. The summed E-state index contributed by atoms with van der Waals surface area (Å²) in [6.45, 7) is 3.03. The fraction of sp³-hybridized carbons (Fsp3) is 0.474. The number of piperidine rings is 1. The summed E-state index contributed by atoms with van der Waals surface area (Å²) >= 11 is 6.06. The van der Waals surface area contributed by atoms with Crippen LogP contribution >= 0.6 is 11.6 Å². The van der Waals surface area contributed by atoms with E-state index in [4.69, 9.17) is 11.6 Å². The maximum absolute atomic E-state index is 12.6. The molecule has 1 aromatic carbocycles. The van der Waals surface area contributed by atoms with Crippen molar-refractivity contribution >= 4 is 32.8 Å². The summed E-state index contributed by atoms with van der Waals surface area (Å²) in [6.07, 6.45) is 2.04. The van der Waals surface area contributed by atoms with Crippen molar-refractivity contribution in [2.75, 3.05) is 18.8 Å². The van der Waals surface area contributed by atoms with Gasteiger partial charge in [0.05, 0.1) is 12.3 Å². The largest absolute Gasteiger partial charge is 0.308 e. The molecule has 0 spiro atoms. The van der Waals surface area contributed by atoms with E-state index in [1.807, 2.05) is 25.1 Å². The number of fused-ring (bicyclic) bond motifs is 1. The minimum absolute atomic E-state index is 0.124. The third kappa shape index (κ3) is 4.26. The lowest BCUT2D eigenvalue weighted by Gasteiger charge is -2.31. The molecule has 1 fully saturated rings. The standard InChI is InChI=1S/C19H23ClN6O3S/c1-2-9-30(28,29)25-8-4-6-14(12-25)17-21-18-16(19(27)22-17)23-24-26(18)11-13-5-3-7-15(20)10-13/h3,5,7,10,14H,2,4,6,8-9,11-12H2,1H3,(H,21,22,27)/t14-/m1/s1. The van der Waals surface area contributed by atoms with E-state index >= 15 is 0 Å². The van der Waals surface area contributed by atoms with Gasteiger partial charge in [0.15, 0.2) is 11.2 Å². The lowest BCUT2D eigenvalue weighted by molar-refractivity contribution is 0.309. The summed E-state index contributed by atoms with van der Waals surface area (Å²) in [6, 6.07) is 7.36. The van der Waals surface area contributed by atoms with Crippen molar-refractivity contribution < 1.29 is 8.42 Å². The summed E-state index contributed by atoms with van der Waals surface area (Å²) in [4.78, 5) is 20.0. The van der Waals surface area contributed by atoms with Crippen LogP contribution in [0.4, 0.5) is 0 Å². The Morgan fingerprint density at radius 3 is 2.93 bits per heavy atom. The molecule has 1 atom stereocenters. The molecular weight excluding hydrogens is 428 g/mol. The Labute approximate surface area is 179 Å². The van der Waals surface area contributed by atoms with Gasteiger partial charge in [-0.3, -0.25) is 4.79 Å². The van der Waals surface area contributed by atoms with E-state index in [2.05, 4.69) is 20.3 Å². The van der Waals surface area contributed by atoms with Crippen LogP contribution in [0.2, 0.25) is 5.02 Å². The van der Waals surface area contributed by atoms with Crippen LogP contribution in [0.25, 0.3) is 11.2 Å². The highest BCUT2D eigenvalue weighted by atomic mass is 35.5. The number of halogens is 1. The third-order valence-electron chi connectivity index (χ3n) is 5.24. The van der Waals surface area contributed by atoms with Crippen molar-refractivity contribution in [3.63, 3.8) is 0 Å².